The maximum atomic E-state index is 11.8. The van der Waals surface area contributed by atoms with E-state index in [4.69, 9.17) is 16.3 Å². The zero-order valence-corrected chi connectivity index (χ0v) is 15.7. The fourth-order valence-corrected chi connectivity index (χ4v) is 2.83. The summed E-state index contributed by atoms with van der Waals surface area (Å²) in [7, 11) is 0. The van der Waals surface area contributed by atoms with E-state index in [1.54, 1.807) is 12.1 Å². The Morgan fingerprint density at radius 1 is 1.08 bits per heavy atom. The number of benzene rings is 2. The van der Waals surface area contributed by atoms with Crippen LogP contribution in [0.3, 0.4) is 0 Å². The van der Waals surface area contributed by atoms with Gasteiger partial charge in [0, 0.05) is 15.6 Å². The first-order chi connectivity index (χ1) is 11.9. The van der Waals surface area contributed by atoms with Gasteiger partial charge in [0.2, 0.25) is 0 Å². The SMILES string of the molecule is CC(C)c1ccc(NC(=O)COC(=O)CSc2ccc(Cl)cc2)cc1. The standard InChI is InChI=1S/C19H20ClNO3S/c1-13(2)14-3-7-16(8-4-14)21-18(22)11-24-19(23)12-25-17-9-5-15(20)6-10-17/h3-10,13H,11-12H2,1-2H3,(H,21,22). The fourth-order valence-electron chi connectivity index (χ4n) is 2.01. The molecule has 0 aromatic heterocycles. The molecule has 25 heavy (non-hydrogen) atoms. The number of carbonyl (C=O) groups excluding carboxylic acids is 2. The van der Waals surface area contributed by atoms with E-state index in [1.165, 1.54) is 17.3 Å². The van der Waals surface area contributed by atoms with Gasteiger partial charge in [-0.2, -0.15) is 0 Å². The normalized spacial score (nSPS) is 10.6. The third-order valence-electron chi connectivity index (χ3n) is 3.40. The molecule has 0 fully saturated rings. The van der Waals surface area contributed by atoms with Crippen molar-refractivity contribution >= 4 is 40.9 Å². The minimum absolute atomic E-state index is 0.137. The average molecular weight is 378 g/mol. The number of esters is 1. The molecule has 1 N–H and O–H groups in total. The van der Waals surface area contributed by atoms with Crippen LogP contribution < -0.4 is 5.32 Å². The van der Waals surface area contributed by atoms with Gasteiger partial charge in [-0.1, -0.05) is 37.6 Å². The van der Waals surface area contributed by atoms with Crippen LogP contribution in [0.1, 0.15) is 25.3 Å². The Hall–Kier alpha value is -1.98. The van der Waals surface area contributed by atoms with Gasteiger partial charge in [0.15, 0.2) is 6.61 Å². The fraction of sp³-hybridized carbons (Fsp3) is 0.263. The summed E-state index contributed by atoms with van der Waals surface area (Å²) in [6.45, 7) is 3.91. The van der Waals surface area contributed by atoms with E-state index in [1.807, 2.05) is 36.4 Å². The van der Waals surface area contributed by atoms with Crippen molar-refractivity contribution in [2.45, 2.75) is 24.7 Å². The van der Waals surface area contributed by atoms with Gasteiger partial charge < -0.3 is 10.1 Å². The molecule has 2 aromatic carbocycles. The maximum absolute atomic E-state index is 11.8. The molecule has 0 aliphatic heterocycles. The molecule has 0 saturated carbocycles. The Labute approximate surface area is 156 Å². The van der Waals surface area contributed by atoms with Gasteiger partial charge in [0.1, 0.15) is 0 Å². The summed E-state index contributed by atoms with van der Waals surface area (Å²) in [5.41, 5.74) is 1.88. The maximum Gasteiger partial charge on any atom is 0.316 e. The van der Waals surface area contributed by atoms with E-state index in [-0.39, 0.29) is 18.3 Å². The van der Waals surface area contributed by atoms with Crippen molar-refractivity contribution in [3.8, 4) is 0 Å². The molecule has 0 bridgehead atoms. The minimum atomic E-state index is -0.440. The summed E-state index contributed by atoms with van der Waals surface area (Å²) in [6.07, 6.45) is 0. The number of nitrogens with one attached hydrogen (secondary N) is 1. The van der Waals surface area contributed by atoms with Crippen LogP contribution in [0.15, 0.2) is 53.4 Å². The number of amides is 1. The molecule has 2 aromatic rings. The van der Waals surface area contributed by atoms with Crippen molar-refractivity contribution in [1.82, 2.24) is 0 Å². The van der Waals surface area contributed by atoms with Crippen molar-refractivity contribution < 1.29 is 14.3 Å². The van der Waals surface area contributed by atoms with Crippen LogP contribution in [0, 0.1) is 0 Å². The molecule has 0 aliphatic carbocycles. The molecular formula is C19H20ClNO3S. The molecule has 4 nitrogen and oxygen atoms in total. The lowest BCUT2D eigenvalue weighted by Crippen LogP contribution is -2.21. The first-order valence-electron chi connectivity index (χ1n) is 7.88. The van der Waals surface area contributed by atoms with Gasteiger partial charge in [-0.05, 0) is 47.9 Å². The molecule has 0 aliphatic rings. The molecule has 0 heterocycles. The van der Waals surface area contributed by atoms with E-state index in [0.717, 1.165) is 4.90 Å². The Morgan fingerprint density at radius 3 is 2.32 bits per heavy atom. The average Bonchev–Trinajstić information content (AvgIpc) is 2.60. The highest BCUT2D eigenvalue weighted by molar-refractivity contribution is 8.00. The van der Waals surface area contributed by atoms with Crippen LogP contribution >= 0.6 is 23.4 Å². The zero-order chi connectivity index (χ0) is 18.2. The number of ether oxygens (including phenoxy) is 1. The highest BCUT2D eigenvalue weighted by atomic mass is 35.5. The number of carbonyl (C=O) groups is 2. The molecule has 0 atom stereocenters. The minimum Gasteiger partial charge on any atom is -0.455 e. The summed E-state index contributed by atoms with van der Waals surface area (Å²) < 4.78 is 4.99. The predicted octanol–water partition coefficient (Wildman–Crippen LogP) is 4.74. The highest BCUT2D eigenvalue weighted by Gasteiger charge is 2.09. The monoisotopic (exact) mass is 377 g/mol. The van der Waals surface area contributed by atoms with Crippen LogP contribution in [-0.4, -0.2) is 24.2 Å². The van der Waals surface area contributed by atoms with E-state index >= 15 is 0 Å². The van der Waals surface area contributed by atoms with Crippen molar-refractivity contribution in [2.75, 3.05) is 17.7 Å². The summed E-state index contributed by atoms with van der Waals surface area (Å²) in [5.74, 6) is -0.228. The number of hydrogen-bond donors (Lipinski definition) is 1. The lowest BCUT2D eigenvalue weighted by Gasteiger charge is -2.09. The first-order valence-corrected chi connectivity index (χ1v) is 9.24. The van der Waals surface area contributed by atoms with E-state index < -0.39 is 5.97 Å². The Morgan fingerprint density at radius 2 is 1.72 bits per heavy atom. The molecule has 1 amide bonds. The Kier molecular flexibility index (Phi) is 7.34. The number of anilines is 1. The molecule has 6 heteroatoms. The van der Waals surface area contributed by atoms with Gasteiger partial charge >= 0.3 is 5.97 Å². The third-order valence-corrected chi connectivity index (χ3v) is 4.63. The molecule has 0 unspecified atom stereocenters. The van der Waals surface area contributed by atoms with Crippen molar-refractivity contribution in [3.63, 3.8) is 0 Å². The summed E-state index contributed by atoms with van der Waals surface area (Å²) in [4.78, 5) is 24.5. The molecule has 0 saturated heterocycles. The number of rotatable bonds is 7. The van der Waals surface area contributed by atoms with Crippen LogP contribution in [0.2, 0.25) is 5.02 Å². The van der Waals surface area contributed by atoms with Gasteiger partial charge in [-0.25, -0.2) is 0 Å². The van der Waals surface area contributed by atoms with Crippen molar-refractivity contribution in [2.24, 2.45) is 0 Å². The second kappa shape index (κ2) is 9.49. The lowest BCUT2D eigenvalue weighted by molar-refractivity contribution is -0.144. The molecule has 2 rings (SSSR count). The van der Waals surface area contributed by atoms with Gasteiger partial charge in [-0.3, -0.25) is 9.59 Å². The molecule has 0 radical (unpaired) electrons. The smallest absolute Gasteiger partial charge is 0.316 e. The lowest BCUT2D eigenvalue weighted by atomic mass is 10.0. The van der Waals surface area contributed by atoms with E-state index in [9.17, 15) is 9.59 Å². The second-order valence-electron chi connectivity index (χ2n) is 5.73. The third kappa shape index (κ3) is 6.80. The Balaban J connectivity index is 1.71. The van der Waals surface area contributed by atoms with Crippen LogP contribution in [-0.2, 0) is 14.3 Å². The van der Waals surface area contributed by atoms with Crippen LogP contribution in [0.5, 0.6) is 0 Å². The van der Waals surface area contributed by atoms with Crippen LogP contribution in [0.4, 0.5) is 5.69 Å². The largest absolute Gasteiger partial charge is 0.455 e. The van der Waals surface area contributed by atoms with Gasteiger partial charge in [0.05, 0.1) is 5.75 Å². The van der Waals surface area contributed by atoms with E-state index in [2.05, 4.69) is 19.2 Å². The van der Waals surface area contributed by atoms with E-state index in [0.29, 0.717) is 16.6 Å². The summed E-state index contributed by atoms with van der Waals surface area (Å²) >= 11 is 7.14. The number of halogens is 1. The zero-order valence-electron chi connectivity index (χ0n) is 14.1. The molecule has 132 valence electrons. The van der Waals surface area contributed by atoms with Crippen molar-refractivity contribution in [3.05, 3.63) is 59.1 Å². The van der Waals surface area contributed by atoms with Crippen LogP contribution in [0.25, 0.3) is 0 Å². The first kappa shape index (κ1) is 19.3. The van der Waals surface area contributed by atoms with Gasteiger partial charge in [0.25, 0.3) is 5.91 Å². The number of thioether (sulfide) groups is 1. The van der Waals surface area contributed by atoms with Gasteiger partial charge in [-0.15, -0.1) is 11.8 Å². The second-order valence-corrected chi connectivity index (χ2v) is 7.21. The van der Waals surface area contributed by atoms with Crippen molar-refractivity contribution in [1.29, 1.82) is 0 Å². The number of hydrogen-bond acceptors (Lipinski definition) is 4. The topological polar surface area (TPSA) is 55.4 Å². The molecular weight excluding hydrogens is 358 g/mol. The Bertz CT molecular complexity index is 714. The highest BCUT2D eigenvalue weighted by Crippen LogP contribution is 2.20. The quantitative estimate of drug-likeness (QED) is 0.559. The molecule has 0 spiro atoms. The summed E-state index contributed by atoms with van der Waals surface area (Å²) in [6, 6.07) is 14.8. The predicted molar refractivity (Wildman–Crippen MR) is 102 cm³/mol. The summed E-state index contributed by atoms with van der Waals surface area (Å²) in [5, 5.41) is 3.35.